The highest BCUT2D eigenvalue weighted by molar-refractivity contribution is 6.33. The maximum absolute atomic E-state index is 13.1. The third kappa shape index (κ3) is 4.34. The molecule has 0 unspecified atom stereocenters. The molecule has 1 amide bonds. The highest BCUT2D eigenvalue weighted by Gasteiger charge is 2.23. The van der Waals surface area contributed by atoms with Crippen molar-refractivity contribution < 1.29 is 13.9 Å². The van der Waals surface area contributed by atoms with Gasteiger partial charge in [0.1, 0.15) is 23.3 Å². The van der Waals surface area contributed by atoms with Crippen molar-refractivity contribution in [3.63, 3.8) is 0 Å². The van der Waals surface area contributed by atoms with Crippen LogP contribution in [0.25, 0.3) is 5.69 Å². The van der Waals surface area contributed by atoms with Gasteiger partial charge in [-0.25, -0.2) is 9.07 Å². The number of halogens is 2. The summed E-state index contributed by atoms with van der Waals surface area (Å²) in [7, 11) is 1.69. The molecule has 0 atom stereocenters. The first-order valence-corrected chi connectivity index (χ1v) is 9.20. The number of hydrogen-bond acceptors (Lipinski definition) is 3. The SMILES string of the molecule is Cc1cccc(OCCN(C)C(=O)c2c(C)nn(-c3ccc(F)cc3)c2Cl)c1. The number of hydrogen-bond donors (Lipinski definition) is 0. The van der Waals surface area contributed by atoms with Gasteiger partial charge in [0.2, 0.25) is 0 Å². The topological polar surface area (TPSA) is 47.4 Å². The number of rotatable bonds is 6. The van der Waals surface area contributed by atoms with Crippen LogP contribution in [0.2, 0.25) is 5.15 Å². The molecule has 5 nitrogen and oxygen atoms in total. The summed E-state index contributed by atoms with van der Waals surface area (Å²) in [6, 6.07) is 13.5. The molecule has 0 saturated carbocycles. The van der Waals surface area contributed by atoms with Crippen molar-refractivity contribution in [3.8, 4) is 11.4 Å². The molecule has 0 aliphatic heterocycles. The summed E-state index contributed by atoms with van der Waals surface area (Å²) in [5.74, 6) is 0.163. The Morgan fingerprint density at radius 3 is 2.61 bits per heavy atom. The second kappa shape index (κ2) is 8.44. The molecule has 0 fully saturated rings. The van der Waals surface area contributed by atoms with Crippen LogP contribution in [0.1, 0.15) is 21.6 Å². The lowest BCUT2D eigenvalue weighted by Crippen LogP contribution is -2.31. The lowest BCUT2D eigenvalue weighted by atomic mass is 10.2. The first-order valence-electron chi connectivity index (χ1n) is 8.83. The normalized spacial score (nSPS) is 10.8. The minimum Gasteiger partial charge on any atom is -0.492 e. The third-order valence-electron chi connectivity index (χ3n) is 4.32. The summed E-state index contributed by atoms with van der Waals surface area (Å²) in [5, 5.41) is 4.53. The molecule has 0 saturated heterocycles. The highest BCUT2D eigenvalue weighted by atomic mass is 35.5. The quantitative estimate of drug-likeness (QED) is 0.613. The summed E-state index contributed by atoms with van der Waals surface area (Å²) >= 11 is 6.42. The van der Waals surface area contributed by atoms with E-state index in [2.05, 4.69) is 5.10 Å². The number of nitrogens with zero attached hydrogens (tertiary/aromatic N) is 3. The van der Waals surface area contributed by atoms with E-state index in [0.717, 1.165) is 11.3 Å². The standard InChI is InChI=1S/C21H21ClFN3O2/c1-14-5-4-6-18(13-14)28-12-11-25(3)21(27)19-15(2)24-26(20(19)22)17-9-7-16(23)8-10-17/h4-10,13H,11-12H2,1-3H3. The van der Waals surface area contributed by atoms with E-state index in [1.165, 1.54) is 16.8 Å². The molecular formula is C21H21ClFN3O2. The predicted octanol–water partition coefficient (Wildman–Crippen LogP) is 4.43. The Morgan fingerprint density at radius 2 is 1.93 bits per heavy atom. The number of amides is 1. The molecule has 1 heterocycles. The van der Waals surface area contributed by atoms with Gasteiger partial charge in [-0.15, -0.1) is 0 Å². The van der Waals surface area contributed by atoms with Crippen molar-refractivity contribution in [1.82, 2.24) is 14.7 Å². The van der Waals surface area contributed by atoms with E-state index in [-0.39, 0.29) is 16.9 Å². The Hall–Kier alpha value is -2.86. The van der Waals surface area contributed by atoms with E-state index in [9.17, 15) is 9.18 Å². The number of aryl methyl sites for hydroxylation is 2. The second-order valence-electron chi connectivity index (χ2n) is 6.53. The average Bonchev–Trinajstić information content (AvgIpc) is 2.96. The first kappa shape index (κ1) is 19.9. The molecule has 7 heteroatoms. The fraction of sp³-hybridized carbons (Fsp3) is 0.238. The Bertz CT molecular complexity index is 986. The van der Waals surface area contributed by atoms with Gasteiger partial charge in [-0.05, 0) is 55.8 Å². The number of carbonyl (C=O) groups excluding carboxylic acids is 1. The van der Waals surface area contributed by atoms with Crippen LogP contribution in [-0.4, -0.2) is 40.8 Å². The minimum absolute atomic E-state index is 0.195. The zero-order valence-electron chi connectivity index (χ0n) is 15.9. The smallest absolute Gasteiger partial charge is 0.258 e. The molecule has 0 spiro atoms. The molecule has 28 heavy (non-hydrogen) atoms. The zero-order valence-corrected chi connectivity index (χ0v) is 16.7. The van der Waals surface area contributed by atoms with Crippen molar-refractivity contribution in [3.05, 3.63) is 76.3 Å². The number of benzene rings is 2. The molecule has 2 aromatic carbocycles. The maximum atomic E-state index is 13.1. The van der Waals surface area contributed by atoms with Crippen molar-refractivity contribution in [2.45, 2.75) is 13.8 Å². The van der Waals surface area contributed by atoms with Gasteiger partial charge in [0, 0.05) is 7.05 Å². The Morgan fingerprint density at radius 1 is 1.21 bits per heavy atom. The summed E-state index contributed by atoms with van der Waals surface area (Å²) < 4.78 is 20.3. The molecule has 0 bridgehead atoms. The van der Waals surface area contributed by atoms with E-state index in [0.29, 0.717) is 30.1 Å². The van der Waals surface area contributed by atoms with Gasteiger partial charge in [-0.3, -0.25) is 4.79 Å². The molecule has 3 aromatic rings. The molecule has 0 aliphatic rings. The Labute approximate surface area is 168 Å². The Balaban J connectivity index is 1.70. The van der Waals surface area contributed by atoms with Gasteiger partial charge in [0.25, 0.3) is 5.91 Å². The number of aromatic nitrogens is 2. The van der Waals surface area contributed by atoms with Gasteiger partial charge in [-0.2, -0.15) is 5.10 Å². The fourth-order valence-corrected chi connectivity index (χ4v) is 3.15. The van der Waals surface area contributed by atoms with Gasteiger partial charge < -0.3 is 9.64 Å². The second-order valence-corrected chi connectivity index (χ2v) is 6.89. The third-order valence-corrected chi connectivity index (χ3v) is 4.67. The zero-order chi connectivity index (χ0) is 20.3. The maximum Gasteiger partial charge on any atom is 0.258 e. The van der Waals surface area contributed by atoms with Gasteiger partial charge >= 0.3 is 0 Å². The molecular weight excluding hydrogens is 381 g/mol. The fourth-order valence-electron chi connectivity index (χ4n) is 2.79. The molecule has 3 rings (SSSR count). The predicted molar refractivity (Wildman–Crippen MR) is 107 cm³/mol. The van der Waals surface area contributed by atoms with E-state index in [1.807, 2.05) is 31.2 Å². The van der Waals surface area contributed by atoms with Crippen molar-refractivity contribution in [2.75, 3.05) is 20.2 Å². The highest BCUT2D eigenvalue weighted by Crippen LogP contribution is 2.25. The van der Waals surface area contributed by atoms with Crippen LogP contribution in [-0.2, 0) is 0 Å². The summed E-state index contributed by atoms with van der Waals surface area (Å²) in [6.45, 7) is 4.46. The van der Waals surface area contributed by atoms with E-state index in [4.69, 9.17) is 16.3 Å². The molecule has 146 valence electrons. The summed E-state index contributed by atoms with van der Waals surface area (Å²) in [5.41, 5.74) is 2.52. The van der Waals surface area contributed by atoms with Crippen LogP contribution in [0.4, 0.5) is 4.39 Å². The monoisotopic (exact) mass is 401 g/mol. The average molecular weight is 402 g/mol. The van der Waals surface area contributed by atoms with Crippen LogP contribution in [0.15, 0.2) is 48.5 Å². The number of likely N-dealkylation sites (N-methyl/N-ethyl adjacent to an activating group) is 1. The van der Waals surface area contributed by atoms with Crippen LogP contribution in [0.3, 0.4) is 0 Å². The largest absolute Gasteiger partial charge is 0.492 e. The van der Waals surface area contributed by atoms with Gasteiger partial charge in [-0.1, -0.05) is 23.7 Å². The molecule has 0 aliphatic carbocycles. The van der Waals surface area contributed by atoms with Crippen molar-refractivity contribution in [1.29, 1.82) is 0 Å². The van der Waals surface area contributed by atoms with E-state index in [1.54, 1.807) is 31.0 Å². The van der Waals surface area contributed by atoms with Gasteiger partial charge in [0.05, 0.1) is 23.5 Å². The van der Waals surface area contributed by atoms with Gasteiger partial charge in [0.15, 0.2) is 0 Å². The molecule has 0 radical (unpaired) electrons. The van der Waals surface area contributed by atoms with E-state index >= 15 is 0 Å². The van der Waals surface area contributed by atoms with Crippen LogP contribution in [0.5, 0.6) is 5.75 Å². The number of carbonyl (C=O) groups is 1. The molecule has 0 N–H and O–H groups in total. The molecule has 1 aromatic heterocycles. The van der Waals surface area contributed by atoms with Crippen molar-refractivity contribution in [2.24, 2.45) is 0 Å². The summed E-state index contributed by atoms with van der Waals surface area (Å²) in [6.07, 6.45) is 0. The lowest BCUT2D eigenvalue weighted by Gasteiger charge is -2.17. The summed E-state index contributed by atoms with van der Waals surface area (Å²) in [4.78, 5) is 14.4. The van der Waals surface area contributed by atoms with Crippen LogP contribution >= 0.6 is 11.6 Å². The van der Waals surface area contributed by atoms with Crippen LogP contribution in [0, 0.1) is 19.7 Å². The Kier molecular flexibility index (Phi) is 5.99. The first-order chi connectivity index (χ1) is 13.4. The lowest BCUT2D eigenvalue weighted by molar-refractivity contribution is 0.0773. The number of ether oxygens (including phenoxy) is 1. The van der Waals surface area contributed by atoms with Crippen LogP contribution < -0.4 is 4.74 Å². The van der Waals surface area contributed by atoms with E-state index < -0.39 is 0 Å². The minimum atomic E-state index is -0.353. The van der Waals surface area contributed by atoms with Crippen molar-refractivity contribution >= 4 is 17.5 Å².